The van der Waals surface area contributed by atoms with Gasteiger partial charge in [-0.25, -0.2) is 4.39 Å². The Morgan fingerprint density at radius 2 is 2.22 bits per heavy atom. The lowest BCUT2D eigenvalue weighted by atomic mass is 10.2. The second kappa shape index (κ2) is 5.82. The van der Waals surface area contributed by atoms with Crippen LogP contribution in [0.4, 0.5) is 4.39 Å². The molecule has 1 aromatic carbocycles. The molecule has 2 rings (SSSR count). The molecule has 1 heterocycles. The minimum absolute atomic E-state index is 0.0547. The fraction of sp³-hybridized carbons (Fsp3) is 0.0833. The smallest absolute Gasteiger partial charge is 0.262 e. The number of halogens is 3. The number of rotatable bonds is 3. The molecule has 2 aromatic rings. The van der Waals surface area contributed by atoms with Crippen LogP contribution in [0.2, 0.25) is 5.02 Å². The summed E-state index contributed by atoms with van der Waals surface area (Å²) in [6.07, 6.45) is 0. The van der Waals surface area contributed by atoms with Crippen LogP contribution in [-0.2, 0) is 6.54 Å². The van der Waals surface area contributed by atoms with Gasteiger partial charge in [-0.3, -0.25) is 4.79 Å². The Hall–Kier alpha value is -0.910. The highest BCUT2D eigenvalue weighted by Crippen LogP contribution is 2.22. The molecule has 0 saturated carbocycles. The molecule has 0 aliphatic heterocycles. The largest absolute Gasteiger partial charge is 0.347 e. The van der Waals surface area contributed by atoms with Crippen LogP contribution in [0.15, 0.2) is 34.1 Å². The van der Waals surface area contributed by atoms with Crippen molar-refractivity contribution in [1.29, 1.82) is 0 Å². The first-order valence-electron chi connectivity index (χ1n) is 5.03. The predicted octanol–water partition coefficient (Wildman–Crippen LogP) is 4.23. The topological polar surface area (TPSA) is 29.1 Å². The van der Waals surface area contributed by atoms with Crippen molar-refractivity contribution in [3.05, 3.63) is 55.4 Å². The van der Waals surface area contributed by atoms with Gasteiger partial charge in [0, 0.05) is 11.0 Å². The Labute approximate surface area is 121 Å². The summed E-state index contributed by atoms with van der Waals surface area (Å²) in [5.74, 6) is -0.634. The van der Waals surface area contributed by atoms with Gasteiger partial charge in [-0.1, -0.05) is 17.7 Å². The van der Waals surface area contributed by atoms with E-state index in [9.17, 15) is 9.18 Å². The van der Waals surface area contributed by atoms with Crippen molar-refractivity contribution in [2.24, 2.45) is 0 Å². The lowest BCUT2D eigenvalue weighted by molar-refractivity contribution is 0.0954. The Bertz CT molecular complexity index is 587. The lowest BCUT2D eigenvalue weighted by Gasteiger charge is -2.05. The average molecular weight is 349 g/mol. The van der Waals surface area contributed by atoms with Gasteiger partial charge in [0.05, 0.1) is 5.02 Å². The van der Waals surface area contributed by atoms with Crippen LogP contribution in [0.3, 0.4) is 0 Å². The van der Waals surface area contributed by atoms with Crippen LogP contribution in [-0.4, -0.2) is 5.91 Å². The van der Waals surface area contributed by atoms with E-state index in [1.807, 2.05) is 11.4 Å². The summed E-state index contributed by atoms with van der Waals surface area (Å²) >= 11 is 10.3. The minimum atomic E-state index is -0.465. The molecule has 0 saturated heterocycles. The SMILES string of the molecule is O=C(NCc1ccc(F)c(Cl)c1)c1sccc1Br. The monoisotopic (exact) mass is 347 g/mol. The molecule has 0 aliphatic carbocycles. The quantitative estimate of drug-likeness (QED) is 0.883. The Balaban J connectivity index is 2.02. The van der Waals surface area contributed by atoms with Gasteiger partial charge in [-0.05, 0) is 45.1 Å². The zero-order valence-electron chi connectivity index (χ0n) is 9.04. The maximum absolute atomic E-state index is 12.9. The average Bonchev–Trinajstić information content (AvgIpc) is 2.77. The molecule has 6 heteroatoms. The summed E-state index contributed by atoms with van der Waals surface area (Å²) in [5, 5.41) is 4.63. The maximum atomic E-state index is 12.9. The summed E-state index contributed by atoms with van der Waals surface area (Å²) in [6.45, 7) is 0.309. The van der Waals surface area contributed by atoms with E-state index in [1.54, 1.807) is 6.07 Å². The first-order chi connectivity index (χ1) is 8.58. The number of nitrogens with one attached hydrogen (secondary N) is 1. The number of benzene rings is 1. The van der Waals surface area contributed by atoms with E-state index in [2.05, 4.69) is 21.2 Å². The van der Waals surface area contributed by atoms with E-state index in [4.69, 9.17) is 11.6 Å². The first-order valence-corrected chi connectivity index (χ1v) is 7.08. The normalized spacial score (nSPS) is 10.4. The highest BCUT2D eigenvalue weighted by molar-refractivity contribution is 9.10. The van der Waals surface area contributed by atoms with Crippen LogP contribution in [0.5, 0.6) is 0 Å². The fourth-order valence-corrected chi connectivity index (χ4v) is 3.04. The van der Waals surface area contributed by atoms with Crippen molar-refractivity contribution >= 4 is 44.8 Å². The molecule has 0 fully saturated rings. The lowest BCUT2D eigenvalue weighted by Crippen LogP contribution is -2.22. The van der Waals surface area contributed by atoms with Crippen molar-refractivity contribution in [2.75, 3.05) is 0 Å². The first kappa shape index (κ1) is 13.5. The van der Waals surface area contributed by atoms with Gasteiger partial charge in [0.1, 0.15) is 10.7 Å². The molecule has 0 radical (unpaired) electrons. The Kier molecular flexibility index (Phi) is 4.37. The van der Waals surface area contributed by atoms with Crippen LogP contribution >= 0.6 is 38.9 Å². The van der Waals surface area contributed by atoms with Gasteiger partial charge < -0.3 is 5.32 Å². The van der Waals surface area contributed by atoms with Gasteiger partial charge in [-0.2, -0.15) is 0 Å². The van der Waals surface area contributed by atoms with Crippen LogP contribution in [0.25, 0.3) is 0 Å². The number of carbonyl (C=O) groups excluding carboxylic acids is 1. The molecular formula is C12H8BrClFNOS. The number of hydrogen-bond donors (Lipinski definition) is 1. The number of hydrogen-bond acceptors (Lipinski definition) is 2. The molecule has 1 aromatic heterocycles. The van der Waals surface area contributed by atoms with Crippen molar-refractivity contribution in [1.82, 2.24) is 5.32 Å². The molecular weight excluding hydrogens is 341 g/mol. The molecule has 94 valence electrons. The van der Waals surface area contributed by atoms with Crippen molar-refractivity contribution < 1.29 is 9.18 Å². The molecule has 0 aliphatic rings. The third-order valence-electron chi connectivity index (χ3n) is 2.26. The zero-order valence-corrected chi connectivity index (χ0v) is 12.2. The minimum Gasteiger partial charge on any atom is -0.347 e. The van der Waals surface area contributed by atoms with Gasteiger partial charge in [0.2, 0.25) is 0 Å². The van der Waals surface area contributed by atoms with Crippen molar-refractivity contribution in [3.8, 4) is 0 Å². The highest BCUT2D eigenvalue weighted by atomic mass is 79.9. The summed E-state index contributed by atoms with van der Waals surface area (Å²) in [6, 6.07) is 6.19. The fourth-order valence-electron chi connectivity index (χ4n) is 1.37. The third kappa shape index (κ3) is 3.10. The van der Waals surface area contributed by atoms with Gasteiger partial charge >= 0.3 is 0 Å². The summed E-state index contributed by atoms with van der Waals surface area (Å²) in [7, 11) is 0. The van der Waals surface area contributed by atoms with Crippen molar-refractivity contribution in [3.63, 3.8) is 0 Å². The second-order valence-corrected chi connectivity index (χ2v) is 5.71. The van der Waals surface area contributed by atoms with E-state index < -0.39 is 5.82 Å². The van der Waals surface area contributed by atoms with E-state index >= 15 is 0 Å². The Morgan fingerprint density at radius 1 is 1.44 bits per heavy atom. The molecule has 0 atom stereocenters. The third-order valence-corrected chi connectivity index (χ3v) is 4.39. The predicted molar refractivity (Wildman–Crippen MR) is 74.6 cm³/mol. The zero-order chi connectivity index (χ0) is 13.1. The molecule has 1 N–H and O–H groups in total. The second-order valence-electron chi connectivity index (χ2n) is 3.53. The summed E-state index contributed by atoms with van der Waals surface area (Å²) < 4.78 is 13.7. The van der Waals surface area contributed by atoms with Crippen LogP contribution < -0.4 is 5.32 Å². The number of thiophene rings is 1. The molecule has 18 heavy (non-hydrogen) atoms. The van der Waals surface area contributed by atoms with Crippen molar-refractivity contribution in [2.45, 2.75) is 6.54 Å². The van der Waals surface area contributed by atoms with Gasteiger partial charge in [0.15, 0.2) is 0 Å². The van der Waals surface area contributed by atoms with E-state index in [1.165, 1.54) is 23.5 Å². The van der Waals surface area contributed by atoms with E-state index in [0.29, 0.717) is 11.4 Å². The van der Waals surface area contributed by atoms with E-state index in [0.717, 1.165) is 10.0 Å². The van der Waals surface area contributed by atoms with Crippen LogP contribution in [0, 0.1) is 5.82 Å². The molecule has 0 unspecified atom stereocenters. The molecule has 0 spiro atoms. The van der Waals surface area contributed by atoms with Gasteiger partial charge in [0.25, 0.3) is 5.91 Å². The highest BCUT2D eigenvalue weighted by Gasteiger charge is 2.11. The molecule has 1 amide bonds. The van der Waals surface area contributed by atoms with E-state index in [-0.39, 0.29) is 10.9 Å². The summed E-state index contributed by atoms with van der Waals surface area (Å²) in [4.78, 5) is 12.4. The Morgan fingerprint density at radius 3 is 2.83 bits per heavy atom. The standard InChI is InChI=1S/C12H8BrClFNOS/c13-8-3-4-18-11(8)12(17)16-6-7-1-2-10(15)9(14)5-7/h1-5H,6H2,(H,16,17). The number of carbonyl (C=O) groups is 1. The van der Waals surface area contributed by atoms with Gasteiger partial charge in [-0.15, -0.1) is 11.3 Å². The maximum Gasteiger partial charge on any atom is 0.262 e. The van der Waals surface area contributed by atoms with Crippen LogP contribution in [0.1, 0.15) is 15.2 Å². The summed E-state index contributed by atoms with van der Waals surface area (Å²) in [5.41, 5.74) is 0.752. The number of amides is 1. The molecule has 0 bridgehead atoms. The molecule has 2 nitrogen and oxygen atoms in total.